The van der Waals surface area contributed by atoms with Crippen LogP contribution in [0.15, 0.2) is 67.3 Å². The van der Waals surface area contributed by atoms with Gasteiger partial charge in [-0.25, -0.2) is 4.98 Å². The molecule has 0 spiro atoms. The fraction of sp³-hybridized carbons (Fsp3) is 0.500. The van der Waals surface area contributed by atoms with Crippen molar-refractivity contribution in [1.29, 1.82) is 0 Å². The lowest BCUT2D eigenvalue weighted by molar-refractivity contribution is 0.0936. The van der Waals surface area contributed by atoms with Crippen molar-refractivity contribution < 1.29 is 9.53 Å². The Kier molecular flexibility index (Phi) is 33.5. The summed E-state index contributed by atoms with van der Waals surface area (Å²) in [5, 5.41) is 9.29. The molecule has 1 aromatic heterocycles. The summed E-state index contributed by atoms with van der Waals surface area (Å²) >= 11 is 0. The van der Waals surface area contributed by atoms with Crippen LogP contribution in [0.1, 0.15) is 68.6 Å². The fourth-order valence-corrected chi connectivity index (χ4v) is 3.26. The number of aromatic nitrogens is 2. The van der Waals surface area contributed by atoms with Crippen molar-refractivity contribution in [2.24, 2.45) is 7.05 Å². The molecule has 250 valence electrons. The largest absolute Gasteiger partial charge is 0.388 e. The van der Waals surface area contributed by atoms with Crippen molar-refractivity contribution in [2.45, 2.75) is 48.0 Å². The van der Waals surface area contributed by atoms with Gasteiger partial charge in [-0.15, -0.1) is 6.58 Å². The Morgan fingerprint density at radius 2 is 1.68 bits per heavy atom. The SMILES string of the molecule is C/C=C(\C)CNCCNC.C=CCCN(C)CCNC(=O)c1nc(/C=C\C)c(C=C)n1C.CC.COC.Cc1ccccc1. The van der Waals surface area contributed by atoms with E-state index in [9.17, 15) is 4.79 Å². The van der Waals surface area contributed by atoms with Crippen molar-refractivity contribution in [3.05, 3.63) is 90.1 Å². The predicted molar refractivity (Wildman–Crippen MR) is 194 cm³/mol. The molecule has 3 N–H and O–H groups in total. The van der Waals surface area contributed by atoms with Crippen molar-refractivity contribution in [2.75, 3.05) is 67.6 Å². The average Bonchev–Trinajstić information content (AvgIpc) is 3.35. The van der Waals surface area contributed by atoms with E-state index < -0.39 is 0 Å². The number of hydrogen-bond acceptors (Lipinski definition) is 6. The number of allylic oxidation sites excluding steroid dienone is 2. The smallest absolute Gasteiger partial charge is 0.287 e. The molecule has 1 heterocycles. The predicted octanol–water partition coefficient (Wildman–Crippen LogP) is 6.38. The summed E-state index contributed by atoms with van der Waals surface area (Å²) in [5.74, 6) is 0.232. The molecule has 0 saturated carbocycles. The van der Waals surface area contributed by atoms with Gasteiger partial charge < -0.3 is 30.2 Å². The summed E-state index contributed by atoms with van der Waals surface area (Å²) in [6, 6.07) is 10.3. The molecule has 0 aliphatic heterocycles. The fourth-order valence-electron chi connectivity index (χ4n) is 3.26. The van der Waals surface area contributed by atoms with Gasteiger partial charge in [-0.3, -0.25) is 4.79 Å². The van der Waals surface area contributed by atoms with Gasteiger partial charge in [0.25, 0.3) is 5.91 Å². The highest BCUT2D eigenvalue weighted by Gasteiger charge is 2.16. The molecule has 0 unspecified atom stereocenters. The maximum atomic E-state index is 12.3. The summed E-state index contributed by atoms with van der Waals surface area (Å²) < 4.78 is 6.01. The molecule has 0 saturated heterocycles. The molecule has 2 aromatic rings. The second-order valence-electron chi connectivity index (χ2n) is 9.58. The quantitative estimate of drug-likeness (QED) is 0.170. The third-order valence-corrected chi connectivity index (χ3v) is 5.77. The van der Waals surface area contributed by atoms with Crippen LogP contribution >= 0.6 is 0 Å². The molecule has 8 nitrogen and oxygen atoms in total. The monoisotopic (exact) mass is 613 g/mol. The third kappa shape index (κ3) is 24.2. The second kappa shape index (κ2) is 32.6. The number of carbonyl (C=O) groups is 1. The molecule has 2 rings (SSSR count). The Morgan fingerprint density at radius 1 is 1.07 bits per heavy atom. The number of nitrogens with one attached hydrogen (secondary N) is 3. The zero-order valence-electron chi connectivity index (χ0n) is 29.8. The lowest BCUT2D eigenvalue weighted by atomic mass is 10.2. The molecule has 1 aromatic carbocycles. The molecule has 1 amide bonds. The maximum Gasteiger partial charge on any atom is 0.287 e. The first kappa shape index (κ1) is 45.1. The van der Waals surface area contributed by atoms with Crippen LogP contribution in [-0.4, -0.2) is 87.9 Å². The molecule has 0 atom stereocenters. The van der Waals surface area contributed by atoms with Gasteiger partial charge in [0.15, 0.2) is 5.82 Å². The van der Waals surface area contributed by atoms with E-state index in [1.807, 2.05) is 78.3 Å². The molecule has 44 heavy (non-hydrogen) atoms. The minimum atomic E-state index is -0.168. The van der Waals surface area contributed by atoms with Gasteiger partial charge in [-0.2, -0.15) is 0 Å². The van der Waals surface area contributed by atoms with Crippen molar-refractivity contribution in [3.8, 4) is 0 Å². The van der Waals surface area contributed by atoms with Gasteiger partial charge in [-0.1, -0.05) is 80.1 Å². The summed E-state index contributed by atoms with van der Waals surface area (Å²) in [4.78, 5) is 18.8. The average molecular weight is 613 g/mol. The number of amides is 1. The second-order valence-corrected chi connectivity index (χ2v) is 9.58. The first-order chi connectivity index (χ1) is 21.2. The highest BCUT2D eigenvalue weighted by atomic mass is 16.4. The highest BCUT2D eigenvalue weighted by Crippen LogP contribution is 2.13. The van der Waals surface area contributed by atoms with E-state index in [0.717, 1.165) is 50.5 Å². The van der Waals surface area contributed by atoms with Gasteiger partial charge in [-0.05, 0) is 60.4 Å². The minimum Gasteiger partial charge on any atom is -0.388 e. The molecular formula is C36H64N6O2. The maximum absolute atomic E-state index is 12.3. The number of imidazole rings is 1. The van der Waals surface area contributed by atoms with E-state index in [1.165, 1.54) is 11.1 Å². The van der Waals surface area contributed by atoms with E-state index in [1.54, 1.807) is 24.9 Å². The molecule has 8 heteroatoms. The van der Waals surface area contributed by atoms with Crippen LogP contribution in [0, 0.1) is 6.92 Å². The number of methoxy groups -OCH3 is 1. The topological polar surface area (TPSA) is 83.5 Å². The van der Waals surface area contributed by atoms with E-state index in [-0.39, 0.29) is 5.91 Å². The van der Waals surface area contributed by atoms with Crippen LogP contribution < -0.4 is 16.0 Å². The third-order valence-electron chi connectivity index (χ3n) is 5.77. The normalized spacial score (nSPS) is 10.2. The number of rotatable bonds is 14. The zero-order chi connectivity index (χ0) is 34.2. The van der Waals surface area contributed by atoms with Crippen molar-refractivity contribution in [1.82, 2.24) is 30.4 Å². The molecule has 0 bridgehead atoms. The van der Waals surface area contributed by atoms with Crippen molar-refractivity contribution in [3.63, 3.8) is 0 Å². The summed E-state index contributed by atoms with van der Waals surface area (Å²) in [5.41, 5.74) is 4.32. The number of benzene rings is 1. The van der Waals surface area contributed by atoms with Crippen molar-refractivity contribution >= 4 is 18.1 Å². The Hall–Kier alpha value is -3.30. The van der Waals surface area contributed by atoms with Crippen LogP contribution in [-0.2, 0) is 11.8 Å². The minimum absolute atomic E-state index is 0.168. The number of aryl methyl sites for hydroxylation is 1. The summed E-state index contributed by atoms with van der Waals surface area (Å²) in [6.07, 6.45) is 10.4. The standard InChI is InChI=1S/C17H26N4O.C8H18N2.C7H8.C2H6O.C2H6/c1-6-9-12-20(4)13-11-18-17(22)16-19-14(10-7-2)15(8-3)21(16)5;1-4-8(2)7-10-6-5-9-3;1-7-5-3-2-4-6-7;1-3-2;1-2/h6-8,10H,1,3,9,11-13H2,2,4-5H3,(H,18,22);4,9-10H,5-7H2,1-3H3;2-6H,1H3;1-2H3;1-2H3/b10-7-;8-4+;;;. The Balaban J connectivity index is -0.000000626. The lowest BCUT2D eigenvalue weighted by Crippen LogP contribution is -2.34. The first-order valence-corrected chi connectivity index (χ1v) is 15.4. The first-order valence-electron chi connectivity index (χ1n) is 15.4. The van der Waals surface area contributed by atoms with E-state index in [0.29, 0.717) is 12.4 Å². The van der Waals surface area contributed by atoms with Crippen LogP contribution in [0.2, 0.25) is 0 Å². The van der Waals surface area contributed by atoms with Crippen LogP contribution in [0.4, 0.5) is 0 Å². The summed E-state index contributed by atoms with van der Waals surface area (Å²) in [6.45, 7) is 25.1. The van der Waals surface area contributed by atoms with Gasteiger partial charge >= 0.3 is 0 Å². The summed E-state index contributed by atoms with van der Waals surface area (Å²) in [7, 11) is 9.06. The molecule has 0 aliphatic rings. The van der Waals surface area contributed by atoms with Gasteiger partial charge in [0.2, 0.25) is 0 Å². The van der Waals surface area contributed by atoms with Crippen LogP contribution in [0.5, 0.6) is 0 Å². The number of hydrogen-bond donors (Lipinski definition) is 3. The zero-order valence-corrected chi connectivity index (χ0v) is 29.8. The molecule has 0 fully saturated rings. The molecule has 0 radical (unpaired) electrons. The van der Waals surface area contributed by atoms with E-state index in [2.05, 4.69) is 82.7 Å². The Morgan fingerprint density at radius 3 is 2.14 bits per heavy atom. The Bertz CT molecular complexity index is 1030. The van der Waals surface area contributed by atoms with Gasteiger partial charge in [0, 0.05) is 60.5 Å². The van der Waals surface area contributed by atoms with E-state index in [4.69, 9.17) is 0 Å². The number of likely N-dealkylation sites (N-methyl/N-ethyl adjacent to an activating group) is 2. The van der Waals surface area contributed by atoms with Crippen LogP contribution in [0.3, 0.4) is 0 Å². The number of carbonyl (C=O) groups excluding carboxylic acids is 1. The molecular weight excluding hydrogens is 548 g/mol. The highest BCUT2D eigenvalue weighted by molar-refractivity contribution is 5.91. The van der Waals surface area contributed by atoms with Gasteiger partial charge in [0.05, 0.1) is 11.4 Å². The molecule has 0 aliphatic carbocycles. The lowest BCUT2D eigenvalue weighted by Gasteiger charge is -2.15. The Labute approximate surface area is 270 Å². The number of ether oxygens (including phenoxy) is 1. The number of nitrogens with zero attached hydrogens (tertiary/aromatic N) is 3. The van der Waals surface area contributed by atoms with Gasteiger partial charge in [0.1, 0.15) is 0 Å². The van der Waals surface area contributed by atoms with Crippen LogP contribution in [0.25, 0.3) is 12.2 Å². The van der Waals surface area contributed by atoms with E-state index >= 15 is 0 Å².